The van der Waals surface area contributed by atoms with E-state index >= 15 is 0 Å². The SMILES string of the molecule is CCC(=O)OCc1c(Cl)ccc(Cl)c1OC. The number of ether oxygens (including phenoxy) is 2. The highest BCUT2D eigenvalue weighted by atomic mass is 35.5. The Morgan fingerprint density at radius 3 is 2.50 bits per heavy atom. The molecule has 0 aliphatic carbocycles. The summed E-state index contributed by atoms with van der Waals surface area (Å²) in [6, 6.07) is 3.27. The van der Waals surface area contributed by atoms with Crippen LogP contribution in [0.1, 0.15) is 18.9 Å². The van der Waals surface area contributed by atoms with Crippen molar-refractivity contribution in [3.05, 3.63) is 27.7 Å². The molecular weight excluding hydrogens is 251 g/mol. The fourth-order valence-electron chi connectivity index (χ4n) is 1.19. The molecule has 0 N–H and O–H groups in total. The number of esters is 1. The van der Waals surface area contributed by atoms with Crippen LogP contribution in [0.15, 0.2) is 12.1 Å². The van der Waals surface area contributed by atoms with Gasteiger partial charge in [0.25, 0.3) is 0 Å². The Balaban J connectivity index is 2.93. The van der Waals surface area contributed by atoms with Crippen molar-refractivity contribution in [3.63, 3.8) is 0 Å². The van der Waals surface area contributed by atoms with Crippen LogP contribution in [0.2, 0.25) is 10.0 Å². The molecule has 0 bridgehead atoms. The molecule has 5 heteroatoms. The fraction of sp³-hybridized carbons (Fsp3) is 0.364. The quantitative estimate of drug-likeness (QED) is 0.780. The van der Waals surface area contributed by atoms with Gasteiger partial charge in [-0.15, -0.1) is 0 Å². The van der Waals surface area contributed by atoms with E-state index in [4.69, 9.17) is 32.7 Å². The average molecular weight is 263 g/mol. The minimum absolute atomic E-state index is 0.0647. The van der Waals surface area contributed by atoms with Crippen molar-refractivity contribution in [2.75, 3.05) is 7.11 Å². The lowest BCUT2D eigenvalue weighted by atomic mass is 10.2. The van der Waals surface area contributed by atoms with Gasteiger partial charge >= 0.3 is 5.97 Å². The first-order chi connectivity index (χ1) is 7.60. The zero-order valence-corrected chi connectivity index (χ0v) is 10.6. The standard InChI is InChI=1S/C11H12Cl2O3/c1-3-10(14)16-6-7-8(12)4-5-9(13)11(7)15-2/h4-5H,3,6H2,1-2H3. The summed E-state index contributed by atoms with van der Waals surface area (Å²) < 4.78 is 10.1. The molecule has 1 aromatic rings. The fourth-order valence-corrected chi connectivity index (χ4v) is 1.64. The Morgan fingerprint density at radius 1 is 1.31 bits per heavy atom. The lowest BCUT2D eigenvalue weighted by molar-refractivity contribution is -0.144. The number of rotatable bonds is 4. The first-order valence-corrected chi connectivity index (χ1v) is 5.52. The third-order valence-corrected chi connectivity index (χ3v) is 2.68. The summed E-state index contributed by atoms with van der Waals surface area (Å²) in [7, 11) is 1.49. The van der Waals surface area contributed by atoms with Crippen LogP contribution in [-0.2, 0) is 16.1 Å². The predicted octanol–water partition coefficient (Wildman–Crippen LogP) is 3.46. The second kappa shape index (κ2) is 5.97. The molecule has 0 fully saturated rings. The van der Waals surface area contributed by atoms with Crippen molar-refractivity contribution in [2.24, 2.45) is 0 Å². The molecule has 0 radical (unpaired) electrons. The maximum absolute atomic E-state index is 11.0. The van der Waals surface area contributed by atoms with E-state index in [2.05, 4.69) is 0 Å². The van der Waals surface area contributed by atoms with Gasteiger partial charge in [0.05, 0.1) is 22.7 Å². The van der Waals surface area contributed by atoms with Gasteiger partial charge in [-0.2, -0.15) is 0 Å². The van der Waals surface area contributed by atoms with E-state index < -0.39 is 0 Å². The van der Waals surface area contributed by atoms with Crippen molar-refractivity contribution in [3.8, 4) is 5.75 Å². The van der Waals surface area contributed by atoms with E-state index in [1.807, 2.05) is 0 Å². The Hall–Kier alpha value is -0.930. The number of halogens is 2. The first kappa shape index (κ1) is 13.1. The summed E-state index contributed by atoms with van der Waals surface area (Å²) >= 11 is 11.9. The number of methoxy groups -OCH3 is 1. The summed E-state index contributed by atoms with van der Waals surface area (Å²) in [4.78, 5) is 11.0. The molecule has 0 saturated carbocycles. The third kappa shape index (κ3) is 3.03. The number of hydrogen-bond acceptors (Lipinski definition) is 3. The van der Waals surface area contributed by atoms with E-state index in [0.717, 1.165) is 0 Å². The molecule has 0 aromatic heterocycles. The first-order valence-electron chi connectivity index (χ1n) is 4.76. The Morgan fingerprint density at radius 2 is 1.94 bits per heavy atom. The molecule has 88 valence electrons. The predicted molar refractivity (Wildman–Crippen MR) is 63.1 cm³/mol. The minimum Gasteiger partial charge on any atom is -0.495 e. The van der Waals surface area contributed by atoms with Gasteiger partial charge in [0.2, 0.25) is 0 Å². The molecule has 1 rings (SSSR count). The van der Waals surface area contributed by atoms with Crippen LogP contribution in [-0.4, -0.2) is 13.1 Å². The molecule has 0 aliphatic rings. The summed E-state index contributed by atoms with van der Waals surface area (Å²) in [5.74, 6) is 0.149. The van der Waals surface area contributed by atoms with Gasteiger partial charge in [0, 0.05) is 6.42 Å². The second-order valence-electron chi connectivity index (χ2n) is 3.06. The van der Waals surface area contributed by atoms with Crippen molar-refractivity contribution in [2.45, 2.75) is 20.0 Å². The minimum atomic E-state index is -0.293. The monoisotopic (exact) mass is 262 g/mol. The Bertz CT molecular complexity index is 391. The van der Waals surface area contributed by atoms with Gasteiger partial charge < -0.3 is 9.47 Å². The number of carbonyl (C=O) groups excluding carboxylic acids is 1. The average Bonchev–Trinajstić information content (AvgIpc) is 2.29. The normalized spacial score (nSPS) is 10.0. The zero-order chi connectivity index (χ0) is 12.1. The van der Waals surface area contributed by atoms with Crippen molar-refractivity contribution < 1.29 is 14.3 Å². The third-order valence-electron chi connectivity index (χ3n) is 2.03. The van der Waals surface area contributed by atoms with Crippen LogP contribution in [0.3, 0.4) is 0 Å². The second-order valence-corrected chi connectivity index (χ2v) is 3.87. The molecule has 0 unspecified atom stereocenters. The highest BCUT2D eigenvalue weighted by Gasteiger charge is 2.13. The Kier molecular flexibility index (Phi) is 4.90. The highest BCUT2D eigenvalue weighted by Crippen LogP contribution is 2.34. The smallest absolute Gasteiger partial charge is 0.305 e. The maximum Gasteiger partial charge on any atom is 0.305 e. The molecule has 0 saturated heterocycles. The summed E-state index contributed by atoms with van der Waals surface area (Å²) in [5.41, 5.74) is 0.582. The summed E-state index contributed by atoms with van der Waals surface area (Å²) in [5, 5.41) is 0.902. The lowest BCUT2D eigenvalue weighted by Gasteiger charge is -2.12. The molecule has 0 atom stereocenters. The van der Waals surface area contributed by atoms with Gasteiger partial charge in [-0.05, 0) is 12.1 Å². The molecule has 3 nitrogen and oxygen atoms in total. The van der Waals surface area contributed by atoms with E-state index in [1.54, 1.807) is 19.1 Å². The zero-order valence-electron chi connectivity index (χ0n) is 9.05. The van der Waals surface area contributed by atoms with E-state index in [0.29, 0.717) is 27.8 Å². The van der Waals surface area contributed by atoms with Gasteiger partial charge in [0.1, 0.15) is 12.4 Å². The van der Waals surface area contributed by atoms with Crippen LogP contribution in [0.4, 0.5) is 0 Å². The molecule has 0 aliphatic heterocycles. The highest BCUT2D eigenvalue weighted by molar-refractivity contribution is 6.34. The van der Waals surface area contributed by atoms with E-state index in [9.17, 15) is 4.79 Å². The van der Waals surface area contributed by atoms with Gasteiger partial charge in [-0.3, -0.25) is 4.79 Å². The van der Waals surface area contributed by atoms with Crippen LogP contribution < -0.4 is 4.74 Å². The summed E-state index contributed by atoms with van der Waals surface area (Å²) in [6.45, 7) is 1.79. The lowest BCUT2D eigenvalue weighted by Crippen LogP contribution is -2.04. The van der Waals surface area contributed by atoms with Gasteiger partial charge in [-0.1, -0.05) is 30.1 Å². The largest absolute Gasteiger partial charge is 0.495 e. The summed E-state index contributed by atoms with van der Waals surface area (Å²) in [6.07, 6.45) is 0.320. The van der Waals surface area contributed by atoms with E-state index in [1.165, 1.54) is 7.11 Å². The van der Waals surface area contributed by atoms with Gasteiger partial charge in [0.15, 0.2) is 0 Å². The van der Waals surface area contributed by atoms with E-state index in [-0.39, 0.29) is 12.6 Å². The Labute approximate surface area is 104 Å². The maximum atomic E-state index is 11.0. The van der Waals surface area contributed by atoms with Crippen LogP contribution in [0.5, 0.6) is 5.75 Å². The molecule has 1 aromatic carbocycles. The molecule has 16 heavy (non-hydrogen) atoms. The van der Waals surface area contributed by atoms with Crippen molar-refractivity contribution in [1.29, 1.82) is 0 Å². The number of hydrogen-bond donors (Lipinski definition) is 0. The molecule has 0 spiro atoms. The van der Waals surface area contributed by atoms with Crippen LogP contribution in [0, 0.1) is 0 Å². The topological polar surface area (TPSA) is 35.5 Å². The molecular formula is C11H12Cl2O3. The van der Waals surface area contributed by atoms with Crippen molar-refractivity contribution >= 4 is 29.2 Å². The molecule has 0 heterocycles. The van der Waals surface area contributed by atoms with Gasteiger partial charge in [-0.25, -0.2) is 0 Å². The number of benzene rings is 1. The van der Waals surface area contributed by atoms with Crippen molar-refractivity contribution in [1.82, 2.24) is 0 Å². The van der Waals surface area contributed by atoms with Crippen LogP contribution >= 0.6 is 23.2 Å². The van der Waals surface area contributed by atoms with Crippen LogP contribution in [0.25, 0.3) is 0 Å². The molecule has 0 amide bonds. The number of carbonyl (C=O) groups is 1.